The van der Waals surface area contributed by atoms with Crippen molar-refractivity contribution < 1.29 is 22.7 Å². The van der Waals surface area contributed by atoms with E-state index in [0.29, 0.717) is 32.3 Å². The van der Waals surface area contributed by atoms with Crippen molar-refractivity contribution in [3.05, 3.63) is 98.6 Å². The summed E-state index contributed by atoms with van der Waals surface area (Å²) in [6.45, 7) is -1.29. The van der Waals surface area contributed by atoms with Gasteiger partial charge in [-0.1, -0.05) is 41.4 Å². The van der Waals surface area contributed by atoms with Crippen molar-refractivity contribution in [3.8, 4) is 22.5 Å². The minimum atomic E-state index is -4.94. The lowest BCUT2D eigenvalue weighted by molar-refractivity contribution is -0.207. The number of halogens is 6. The first-order valence-corrected chi connectivity index (χ1v) is 11.0. The summed E-state index contributed by atoms with van der Waals surface area (Å²) in [4.78, 5) is 13.0. The van der Waals surface area contributed by atoms with Crippen LogP contribution >= 0.6 is 23.2 Å². The van der Waals surface area contributed by atoms with E-state index in [0.717, 1.165) is 9.25 Å². The van der Waals surface area contributed by atoms with Crippen molar-refractivity contribution >= 4 is 23.2 Å². The molecule has 0 fully saturated rings. The summed E-state index contributed by atoms with van der Waals surface area (Å²) in [6, 6.07) is 16.9. The van der Waals surface area contributed by atoms with Crippen LogP contribution in [-0.2, 0) is 13.1 Å². The first-order chi connectivity index (χ1) is 16.5. The third-order valence-corrected chi connectivity index (χ3v) is 5.81. The molecule has 5 nitrogen and oxygen atoms in total. The number of benzene rings is 3. The van der Waals surface area contributed by atoms with E-state index in [9.17, 15) is 27.5 Å². The molecule has 1 atom stereocenters. The Morgan fingerprint density at radius 1 is 0.971 bits per heavy atom. The van der Waals surface area contributed by atoms with E-state index >= 15 is 0 Å². The van der Waals surface area contributed by atoms with Crippen molar-refractivity contribution in [2.75, 3.05) is 0 Å². The number of alkyl halides is 3. The van der Waals surface area contributed by atoms with Crippen LogP contribution in [0, 0.1) is 5.82 Å². The van der Waals surface area contributed by atoms with Gasteiger partial charge in [-0.05, 0) is 59.7 Å². The van der Waals surface area contributed by atoms with Gasteiger partial charge in [0, 0.05) is 21.2 Å². The molecule has 3 aromatic carbocycles. The molecule has 4 rings (SSSR count). The lowest BCUT2D eigenvalue weighted by Crippen LogP contribution is -2.37. The lowest BCUT2D eigenvalue weighted by Gasteiger charge is -2.15. The predicted molar refractivity (Wildman–Crippen MR) is 125 cm³/mol. The number of aliphatic hydroxyl groups is 1. The SMILES string of the molecule is O=c1n(Cc2cc(F)cc(-c3ccccc3Cl)c2)nc(-c2ccc(Cl)cc2)n1C[C@H](O)C(F)(F)F. The summed E-state index contributed by atoms with van der Waals surface area (Å²) in [5, 5.41) is 14.6. The summed E-state index contributed by atoms with van der Waals surface area (Å²) in [6.07, 6.45) is -7.73. The fraction of sp³-hybridized carbons (Fsp3) is 0.167. The molecule has 0 bridgehead atoms. The van der Waals surface area contributed by atoms with Gasteiger partial charge in [-0.2, -0.15) is 13.2 Å². The fourth-order valence-electron chi connectivity index (χ4n) is 3.56. The van der Waals surface area contributed by atoms with Crippen LogP contribution in [-0.4, -0.2) is 31.7 Å². The minimum absolute atomic E-state index is 0.0994. The van der Waals surface area contributed by atoms with E-state index in [2.05, 4.69) is 5.10 Å². The molecule has 0 radical (unpaired) electrons. The minimum Gasteiger partial charge on any atom is -0.382 e. The molecule has 0 unspecified atom stereocenters. The highest BCUT2D eigenvalue weighted by molar-refractivity contribution is 6.33. The highest BCUT2D eigenvalue weighted by Crippen LogP contribution is 2.29. The average Bonchev–Trinajstić information content (AvgIpc) is 3.08. The number of hydrogen-bond donors (Lipinski definition) is 1. The molecule has 0 aliphatic rings. The molecule has 1 N–H and O–H groups in total. The maximum Gasteiger partial charge on any atom is 0.416 e. The predicted octanol–water partition coefficient (Wildman–Crippen LogP) is 5.80. The molecular weight excluding hydrogens is 509 g/mol. The first-order valence-electron chi connectivity index (χ1n) is 10.3. The zero-order valence-corrected chi connectivity index (χ0v) is 19.3. The Labute approximate surface area is 206 Å². The summed E-state index contributed by atoms with van der Waals surface area (Å²) in [7, 11) is 0. The van der Waals surface area contributed by atoms with Crippen LogP contribution in [0.15, 0.2) is 71.5 Å². The Hall–Kier alpha value is -3.14. The lowest BCUT2D eigenvalue weighted by atomic mass is 10.0. The van der Waals surface area contributed by atoms with Gasteiger partial charge in [0.1, 0.15) is 5.82 Å². The smallest absolute Gasteiger partial charge is 0.382 e. The molecule has 0 saturated heterocycles. The van der Waals surface area contributed by atoms with E-state index in [1.165, 1.54) is 36.4 Å². The quantitative estimate of drug-likeness (QED) is 0.324. The Morgan fingerprint density at radius 3 is 2.31 bits per heavy atom. The third-order valence-electron chi connectivity index (χ3n) is 5.23. The van der Waals surface area contributed by atoms with Gasteiger partial charge in [-0.15, -0.1) is 5.10 Å². The Bertz CT molecular complexity index is 1420. The monoisotopic (exact) mass is 525 g/mol. The number of nitrogens with zero attached hydrogens (tertiary/aromatic N) is 3. The molecular formula is C24H17Cl2F4N3O2. The molecule has 1 heterocycles. The van der Waals surface area contributed by atoms with Crippen LogP contribution in [0.1, 0.15) is 5.56 Å². The average molecular weight is 526 g/mol. The fourth-order valence-corrected chi connectivity index (χ4v) is 3.93. The van der Waals surface area contributed by atoms with Gasteiger partial charge in [0.25, 0.3) is 0 Å². The van der Waals surface area contributed by atoms with E-state index in [1.54, 1.807) is 30.3 Å². The van der Waals surface area contributed by atoms with Gasteiger partial charge >= 0.3 is 11.9 Å². The van der Waals surface area contributed by atoms with Crippen LogP contribution in [0.4, 0.5) is 17.6 Å². The van der Waals surface area contributed by atoms with Gasteiger partial charge in [0.05, 0.1) is 13.1 Å². The zero-order chi connectivity index (χ0) is 25.3. The van der Waals surface area contributed by atoms with Gasteiger partial charge < -0.3 is 5.11 Å². The van der Waals surface area contributed by atoms with E-state index < -0.39 is 30.3 Å². The molecule has 182 valence electrons. The molecule has 0 aliphatic carbocycles. The molecule has 0 amide bonds. The van der Waals surface area contributed by atoms with E-state index in [4.69, 9.17) is 23.2 Å². The highest BCUT2D eigenvalue weighted by Gasteiger charge is 2.39. The van der Waals surface area contributed by atoms with Gasteiger partial charge in [-0.25, -0.2) is 13.9 Å². The Morgan fingerprint density at radius 2 is 1.66 bits per heavy atom. The maximum atomic E-state index is 14.4. The number of aliphatic hydroxyl groups excluding tert-OH is 1. The van der Waals surface area contributed by atoms with Crippen LogP contribution in [0.25, 0.3) is 22.5 Å². The molecule has 35 heavy (non-hydrogen) atoms. The van der Waals surface area contributed by atoms with Crippen LogP contribution in [0.3, 0.4) is 0 Å². The second-order valence-electron chi connectivity index (χ2n) is 7.77. The molecule has 0 saturated carbocycles. The van der Waals surface area contributed by atoms with Crippen molar-refractivity contribution in [2.24, 2.45) is 0 Å². The van der Waals surface area contributed by atoms with Crippen molar-refractivity contribution in [1.29, 1.82) is 0 Å². The normalized spacial score (nSPS) is 12.7. The number of hydrogen-bond acceptors (Lipinski definition) is 3. The second kappa shape index (κ2) is 9.85. The van der Waals surface area contributed by atoms with Crippen LogP contribution in [0.2, 0.25) is 10.0 Å². The first kappa shape index (κ1) is 25.0. The molecule has 11 heteroatoms. The summed E-state index contributed by atoms with van der Waals surface area (Å²) in [5.74, 6) is -0.687. The van der Waals surface area contributed by atoms with Crippen molar-refractivity contribution in [3.63, 3.8) is 0 Å². The third kappa shape index (κ3) is 5.58. The Kier molecular flexibility index (Phi) is 7.02. The highest BCUT2D eigenvalue weighted by atomic mass is 35.5. The van der Waals surface area contributed by atoms with Crippen LogP contribution in [0.5, 0.6) is 0 Å². The van der Waals surface area contributed by atoms with Crippen molar-refractivity contribution in [2.45, 2.75) is 25.4 Å². The van der Waals surface area contributed by atoms with Gasteiger partial charge in [-0.3, -0.25) is 4.57 Å². The molecule has 4 aromatic rings. The molecule has 0 aliphatic heterocycles. The van der Waals surface area contributed by atoms with Gasteiger partial charge in [0.2, 0.25) is 0 Å². The van der Waals surface area contributed by atoms with Gasteiger partial charge in [0.15, 0.2) is 11.9 Å². The Balaban J connectivity index is 1.77. The summed E-state index contributed by atoms with van der Waals surface area (Å²) >= 11 is 12.1. The number of aromatic nitrogens is 3. The van der Waals surface area contributed by atoms with Crippen LogP contribution < -0.4 is 5.69 Å². The summed E-state index contributed by atoms with van der Waals surface area (Å²) < 4.78 is 55.1. The van der Waals surface area contributed by atoms with E-state index in [1.807, 2.05) is 0 Å². The second-order valence-corrected chi connectivity index (χ2v) is 8.61. The topological polar surface area (TPSA) is 60.0 Å². The molecule has 1 aromatic heterocycles. The molecule has 0 spiro atoms. The standard InChI is InChI=1S/C24H17Cl2F4N3O2/c25-17-7-5-15(6-8-17)22-31-33(23(35)32(22)13-21(34)24(28,29)30)12-14-9-16(11-18(27)10-14)19-3-1-2-4-20(19)26/h1-11,21,34H,12-13H2/t21-/m0/s1. The largest absolute Gasteiger partial charge is 0.416 e. The zero-order valence-electron chi connectivity index (χ0n) is 17.8. The maximum absolute atomic E-state index is 14.4. The summed E-state index contributed by atoms with van der Waals surface area (Å²) in [5.41, 5.74) is 0.787. The van der Waals surface area contributed by atoms with Crippen molar-refractivity contribution in [1.82, 2.24) is 14.3 Å². The number of rotatable bonds is 6. The van der Waals surface area contributed by atoms with E-state index in [-0.39, 0.29) is 12.4 Å².